The number of ketones is 2. The van der Waals surface area contributed by atoms with Crippen LogP contribution in [0.2, 0.25) is 10.0 Å². The van der Waals surface area contributed by atoms with Crippen molar-refractivity contribution in [3.8, 4) is 6.07 Å². The van der Waals surface area contributed by atoms with Crippen LogP contribution in [-0.2, 0) is 4.79 Å². The summed E-state index contributed by atoms with van der Waals surface area (Å²) in [5, 5.41) is 14.1. The Labute approximate surface area is 182 Å². The fourth-order valence-corrected chi connectivity index (χ4v) is 4.65. The second kappa shape index (κ2) is 8.91. The van der Waals surface area contributed by atoms with Crippen LogP contribution < -0.4 is 5.32 Å². The lowest BCUT2D eigenvalue weighted by Gasteiger charge is -2.27. The van der Waals surface area contributed by atoms with Gasteiger partial charge in [-0.2, -0.15) is 5.26 Å². The van der Waals surface area contributed by atoms with Crippen LogP contribution in [0.15, 0.2) is 62.9 Å². The minimum absolute atomic E-state index is 0.0580. The fraction of sp³-hybridized carbons (Fsp3) is 0.190. The highest BCUT2D eigenvalue weighted by Crippen LogP contribution is 2.41. The Morgan fingerprint density at radius 1 is 1.31 bits per heavy atom. The predicted octanol–water partition coefficient (Wildman–Crippen LogP) is 5.49. The molecule has 1 aromatic heterocycles. The van der Waals surface area contributed by atoms with Crippen LogP contribution in [0.3, 0.4) is 0 Å². The van der Waals surface area contributed by atoms with Crippen molar-refractivity contribution in [3.63, 3.8) is 0 Å². The molecule has 1 aliphatic heterocycles. The van der Waals surface area contributed by atoms with Gasteiger partial charge in [0, 0.05) is 21.9 Å². The maximum absolute atomic E-state index is 12.6. The van der Waals surface area contributed by atoms with E-state index in [0.717, 1.165) is 0 Å². The summed E-state index contributed by atoms with van der Waals surface area (Å²) in [6.07, 6.45) is 1.50. The highest BCUT2D eigenvalue weighted by molar-refractivity contribution is 8.03. The van der Waals surface area contributed by atoms with E-state index in [1.54, 1.807) is 31.2 Å². The Kier molecular flexibility index (Phi) is 6.53. The number of carbonyl (C=O) groups excluding carboxylic acids is 2. The van der Waals surface area contributed by atoms with E-state index < -0.39 is 5.92 Å². The maximum atomic E-state index is 12.6. The number of thioether (sulfide) groups is 1. The van der Waals surface area contributed by atoms with Gasteiger partial charge in [0.25, 0.3) is 0 Å². The van der Waals surface area contributed by atoms with Crippen molar-refractivity contribution in [1.82, 2.24) is 5.32 Å². The number of furan rings is 1. The average Bonchev–Trinajstić information content (AvgIpc) is 3.19. The SMILES string of the molecule is CC(=O)C1=C(C)NC(SCC(=O)c2ccc(Cl)cc2Cl)=C(C#N)[C@H]1c1ccco1. The molecule has 8 heteroatoms. The monoisotopic (exact) mass is 446 g/mol. The highest BCUT2D eigenvalue weighted by atomic mass is 35.5. The third kappa shape index (κ3) is 4.43. The lowest BCUT2D eigenvalue weighted by Crippen LogP contribution is -2.27. The first kappa shape index (κ1) is 21.3. The van der Waals surface area contributed by atoms with Gasteiger partial charge in [-0.3, -0.25) is 9.59 Å². The van der Waals surface area contributed by atoms with E-state index in [1.807, 2.05) is 0 Å². The van der Waals surface area contributed by atoms with Crippen LogP contribution in [0.25, 0.3) is 0 Å². The molecule has 0 unspecified atom stereocenters. The van der Waals surface area contributed by atoms with E-state index in [2.05, 4.69) is 11.4 Å². The van der Waals surface area contributed by atoms with Gasteiger partial charge in [0.15, 0.2) is 11.6 Å². The Morgan fingerprint density at radius 3 is 2.66 bits per heavy atom. The van der Waals surface area contributed by atoms with E-state index in [-0.39, 0.29) is 22.3 Å². The molecule has 0 spiro atoms. The van der Waals surface area contributed by atoms with Crippen LogP contribution in [0.1, 0.15) is 35.9 Å². The summed E-state index contributed by atoms with van der Waals surface area (Å²) in [4.78, 5) is 24.9. The Balaban J connectivity index is 1.91. The molecular weight excluding hydrogens is 431 g/mol. The van der Waals surface area contributed by atoms with E-state index in [9.17, 15) is 14.9 Å². The number of nitriles is 1. The van der Waals surface area contributed by atoms with E-state index >= 15 is 0 Å². The van der Waals surface area contributed by atoms with Crippen LogP contribution in [-0.4, -0.2) is 17.3 Å². The van der Waals surface area contributed by atoms with Gasteiger partial charge in [-0.1, -0.05) is 35.0 Å². The van der Waals surface area contributed by atoms with Crippen molar-refractivity contribution >= 4 is 46.5 Å². The number of hydrogen-bond acceptors (Lipinski definition) is 6. The molecule has 5 nitrogen and oxygen atoms in total. The molecule has 1 atom stereocenters. The highest BCUT2D eigenvalue weighted by Gasteiger charge is 2.35. The van der Waals surface area contributed by atoms with Gasteiger partial charge in [-0.05, 0) is 44.2 Å². The Morgan fingerprint density at radius 2 is 2.07 bits per heavy atom. The standard InChI is InChI=1S/C21H16Cl2N2O3S/c1-11-19(12(2)26)20(18-4-3-7-28-18)15(9-24)21(25-11)29-10-17(27)14-6-5-13(22)8-16(14)23/h3-8,20,25H,10H2,1-2H3/t20-/m0/s1. The van der Waals surface area contributed by atoms with Crippen molar-refractivity contribution in [2.24, 2.45) is 0 Å². The minimum atomic E-state index is -0.620. The number of halogens is 2. The van der Waals surface area contributed by atoms with Gasteiger partial charge in [0.05, 0.1) is 39.6 Å². The molecule has 0 amide bonds. The lowest BCUT2D eigenvalue weighted by atomic mass is 9.84. The lowest BCUT2D eigenvalue weighted by molar-refractivity contribution is -0.113. The number of dihydropyridines is 1. The molecule has 0 bridgehead atoms. The van der Waals surface area contributed by atoms with Crippen LogP contribution >= 0.6 is 35.0 Å². The molecule has 1 N–H and O–H groups in total. The number of nitrogens with zero attached hydrogens (tertiary/aromatic N) is 1. The summed E-state index contributed by atoms with van der Waals surface area (Å²) in [5.41, 5.74) is 1.78. The first-order chi connectivity index (χ1) is 13.8. The summed E-state index contributed by atoms with van der Waals surface area (Å²) in [6, 6.07) is 10.3. The summed E-state index contributed by atoms with van der Waals surface area (Å²) >= 11 is 13.2. The zero-order chi connectivity index (χ0) is 21.1. The van der Waals surface area contributed by atoms with Crippen molar-refractivity contribution in [2.45, 2.75) is 19.8 Å². The first-order valence-corrected chi connectivity index (χ1v) is 10.3. The summed E-state index contributed by atoms with van der Waals surface area (Å²) in [5.74, 6) is -0.417. The number of benzene rings is 1. The molecule has 0 aliphatic carbocycles. The molecule has 0 fully saturated rings. The average molecular weight is 447 g/mol. The van der Waals surface area contributed by atoms with Crippen molar-refractivity contribution in [2.75, 3.05) is 5.75 Å². The Hall–Kier alpha value is -2.46. The number of allylic oxidation sites excluding steroid dienone is 3. The van der Waals surface area contributed by atoms with Crippen LogP contribution in [0.4, 0.5) is 0 Å². The molecule has 29 heavy (non-hydrogen) atoms. The molecule has 0 saturated heterocycles. The Bertz CT molecular complexity index is 1080. The molecule has 148 valence electrons. The third-order valence-electron chi connectivity index (χ3n) is 4.43. The van der Waals surface area contributed by atoms with Gasteiger partial charge in [0.1, 0.15) is 5.76 Å². The van der Waals surface area contributed by atoms with Crippen LogP contribution in [0.5, 0.6) is 0 Å². The smallest absolute Gasteiger partial charge is 0.174 e. The van der Waals surface area contributed by atoms with Gasteiger partial charge in [-0.15, -0.1) is 0 Å². The topological polar surface area (TPSA) is 83.1 Å². The largest absolute Gasteiger partial charge is 0.468 e. The van der Waals surface area contributed by atoms with E-state index in [4.69, 9.17) is 27.6 Å². The summed E-state index contributed by atoms with van der Waals surface area (Å²) in [6.45, 7) is 3.22. The van der Waals surface area contributed by atoms with Gasteiger partial charge < -0.3 is 9.73 Å². The fourth-order valence-electron chi connectivity index (χ4n) is 3.16. The number of hydrogen-bond donors (Lipinski definition) is 1. The first-order valence-electron chi connectivity index (χ1n) is 8.61. The molecule has 0 radical (unpaired) electrons. The second-order valence-corrected chi connectivity index (χ2v) is 8.19. The molecular formula is C21H16Cl2N2O3S. The zero-order valence-corrected chi connectivity index (χ0v) is 17.9. The number of nitrogens with one attached hydrogen (secondary N) is 1. The summed E-state index contributed by atoms with van der Waals surface area (Å²) < 4.78 is 5.50. The molecule has 2 heterocycles. The molecule has 0 saturated carbocycles. The molecule has 1 aromatic carbocycles. The zero-order valence-electron chi connectivity index (χ0n) is 15.6. The maximum Gasteiger partial charge on any atom is 0.174 e. The van der Waals surface area contributed by atoms with Crippen molar-refractivity contribution < 1.29 is 14.0 Å². The number of rotatable bonds is 6. The molecule has 1 aliphatic rings. The normalized spacial score (nSPS) is 16.4. The van der Waals surface area contributed by atoms with Crippen molar-refractivity contribution in [1.29, 1.82) is 5.26 Å². The molecule has 2 aromatic rings. The third-order valence-corrected chi connectivity index (χ3v) is 6.00. The quantitative estimate of drug-likeness (QED) is 0.590. The van der Waals surface area contributed by atoms with Gasteiger partial charge in [-0.25, -0.2) is 0 Å². The minimum Gasteiger partial charge on any atom is -0.468 e. The number of Topliss-reactive ketones (excluding diaryl/α,β-unsaturated/α-hetero) is 2. The van der Waals surface area contributed by atoms with Gasteiger partial charge >= 0.3 is 0 Å². The van der Waals surface area contributed by atoms with E-state index in [1.165, 1.54) is 31.0 Å². The number of carbonyl (C=O) groups is 2. The van der Waals surface area contributed by atoms with Crippen molar-refractivity contribution in [3.05, 3.63) is 79.8 Å². The van der Waals surface area contributed by atoms with Crippen LogP contribution in [0, 0.1) is 11.3 Å². The molecule has 3 rings (SSSR count). The predicted molar refractivity (Wildman–Crippen MR) is 114 cm³/mol. The van der Waals surface area contributed by atoms with E-state index in [0.29, 0.717) is 38.2 Å². The second-order valence-electron chi connectivity index (χ2n) is 6.36. The van der Waals surface area contributed by atoms with Gasteiger partial charge in [0.2, 0.25) is 0 Å². The summed E-state index contributed by atoms with van der Waals surface area (Å²) in [7, 11) is 0.